The standard InChI is InChI=1S/C20H31NO3/c1-21(14-13-16-7-5-4-6-8-16)20(22)12-9-17-15-18(23-2)10-11-19(17)24-3/h10-11,15-16H,4-9,12-14H2,1-3H3. The van der Waals surface area contributed by atoms with Gasteiger partial charge in [-0.15, -0.1) is 0 Å². The number of carbonyl (C=O) groups is 1. The molecule has 1 aliphatic rings. The van der Waals surface area contributed by atoms with E-state index in [-0.39, 0.29) is 5.91 Å². The third-order valence-electron chi connectivity index (χ3n) is 5.12. The van der Waals surface area contributed by atoms with Gasteiger partial charge in [0.25, 0.3) is 0 Å². The van der Waals surface area contributed by atoms with Crippen LogP contribution in [-0.4, -0.2) is 38.6 Å². The van der Waals surface area contributed by atoms with E-state index in [9.17, 15) is 4.79 Å². The number of methoxy groups -OCH3 is 2. The lowest BCUT2D eigenvalue weighted by atomic mass is 9.87. The van der Waals surface area contributed by atoms with Crippen molar-refractivity contribution in [1.29, 1.82) is 0 Å². The highest BCUT2D eigenvalue weighted by atomic mass is 16.5. The molecule has 0 bridgehead atoms. The molecule has 0 aliphatic heterocycles. The lowest BCUT2D eigenvalue weighted by Crippen LogP contribution is -2.29. The fourth-order valence-corrected chi connectivity index (χ4v) is 3.49. The van der Waals surface area contributed by atoms with Crippen LogP contribution in [0.15, 0.2) is 18.2 Å². The van der Waals surface area contributed by atoms with E-state index in [4.69, 9.17) is 9.47 Å². The molecule has 0 atom stereocenters. The summed E-state index contributed by atoms with van der Waals surface area (Å²) < 4.78 is 10.6. The average molecular weight is 333 g/mol. The fourth-order valence-electron chi connectivity index (χ4n) is 3.49. The Morgan fingerprint density at radius 3 is 2.58 bits per heavy atom. The Labute approximate surface area is 146 Å². The molecule has 0 saturated heterocycles. The first-order valence-corrected chi connectivity index (χ1v) is 9.09. The minimum absolute atomic E-state index is 0.204. The van der Waals surface area contributed by atoms with E-state index in [1.165, 1.54) is 32.1 Å². The van der Waals surface area contributed by atoms with Crippen molar-refractivity contribution in [2.45, 2.75) is 51.4 Å². The Kier molecular flexibility index (Phi) is 7.41. The minimum Gasteiger partial charge on any atom is -0.497 e. The Bertz CT molecular complexity index is 524. The van der Waals surface area contributed by atoms with E-state index in [0.29, 0.717) is 12.8 Å². The monoisotopic (exact) mass is 333 g/mol. The van der Waals surface area contributed by atoms with E-state index < -0.39 is 0 Å². The van der Waals surface area contributed by atoms with E-state index in [0.717, 1.165) is 35.9 Å². The Morgan fingerprint density at radius 2 is 1.92 bits per heavy atom. The zero-order valence-corrected chi connectivity index (χ0v) is 15.3. The van der Waals surface area contributed by atoms with E-state index in [1.54, 1.807) is 14.2 Å². The number of ether oxygens (including phenoxy) is 2. The lowest BCUT2D eigenvalue weighted by Gasteiger charge is -2.24. The molecule has 1 amide bonds. The van der Waals surface area contributed by atoms with Gasteiger partial charge >= 0.3 is 0 Å². The lowest BCUT2D eigenvalue weighted by molar-refractivity contribution is -0.130. The van der Waals surface area contributed by atoms with Gasteiger partial charge in [-0.25, -0.2) is 0 Å². The largest absolute Gasteiger partial charge is 0.497 e. The van der Waals surface area contributed by atoms with Crippen molar-refractivity contribution >= 4 is 5.91 Å². The minimum atomic E-state index is 0.204. The van der Waals surface area contributed by atoms with Gasteiger partial charge in [-0.1, -0.05) is 32.1 Å². The summed E-state index contributed by atoms with van der Waals surface area (Å²) in [7, 11) is 5.23. The summed E-state index contributed by atoms with van der Waals surface area (Å²) in [6.07, 6.45) is 9.10. The normalized spacial score (nSPS) is 15.1. The van der Waals surface area contributed by atoms with Gasteiger partial charge < -0.3 is 14.4 Å². The van der Waals surface area contributed by atoms with Gasteiger partial charge in [0.2, 0.25) is 5.91 Å². The van der Waals surface area contributed by atoms with Crippen LogP contribution in [0.5, 0.6) is 11.5 Å². The first-order chi connectivity index (χ1) is 11.6. The molecule has 0 aromatic heterocycles. The van der Waals surface area contributed by atoms with Crippen LogP contribution in [0.2, 0.25) is 0 Å². The molecule has 1 aromatic rings. The Morgan fingerprint density at radius 1 is 1.17 bits per heavy atom. The highest BCUT2D eigenvalue weighted by Gasteiger charge is 2.16. The maximum absolute atomic E-state index is 12.4. The maximum Gasteiger partial charge on any atom is 0.222 e. The van der Waals surface area contributed by atoms with Crippen molar-refractivity contribution in [3.63, 3.8) is 0 Å². The van der Waals surface area contributed by atoms with Crippen LogP contribution in [0.3, 0.4) is 0 Å². The molecule has 2 rings (SSSR count). The smallest absolute Gasteiger partial charge is 0.222 e. The molecular formula is C20H31NO3. The first-order valence-electron chi connectivity index (χ1n) is 9.09. The van der Waals surface area contributed by atoms with Gasteiger partial charge in [-0.3, -0.25) is 4.79 Å². The van der Waals surface area contributed by atoms with Crippen molar-refractivity contribution in [1.82, 2.24) is 4.90 Å². The second kappa shape index (κ2) is 9.55. The predicted molar refractivity (Wildman–Crippen MR) is 96.7 cm³/mol. The molecular weight excluding hydrogens is 302 g/mol. The topological polar surface area (TPSA) is 38.8 Å². The van der Waals surface area contributed by atoms with Crippen molar-refractivity contribution in [3.05, 3.63) is 23.8 Å². The molecule has 0 radical (unpaired) electrons. The molecule has 0 unspecified atom stereocenters. The number of amides is 1. The van der Waals surface area contributed by atoms with Crippen molar-refractivity contribution < 1.29 is 14.3 Å². The summed E-state index contributed by atoms with van der Waals surface area (Å²) in [5, 5.41) is 0. The summed E-state index contributed by atoms with van der Waals surface area (Å²) in [6, 6.07) is 5.72. The SMILES string of the molecule is COc1ccc(OC)c(CCC(=O)N(C)CCC2CCCCC2)c1. The van der Waals surface area contributed by atoms with Gasteiger partial charge in [-0.2, -0.15) is 0 Å². The Hall–Kier alpha value is -1.71. The summed E-state index contributed by atoms with van der Waals surface area (Å²) in [6.45, 7) is 0.874. The van der Waals surface area contributed by atoms with E-state index in [1.807, 2.05) is 30.1 Å². The van der Waals surface area contributed by atoms with Crippen LogP contribution in [-0.2, 0) is 11.2 Å². The number of nitrogens with zero attached hydrogens (tertiary/aromatic N) is 1. The van der Waals surface area contributed by atoms with Crippen molar-refractivity contribution in [2.24, 2.45) is 5.92 Å². The van der Waals surface area contributed by atoms with Crippen LogP contribution >= 0.6 is 0 Å². The van der Waals surface area contributed by atoms with Crippen molar-refractivity contribution in [3.8, 4) is 11.5 Å². The molecule has 4 heteroatoms. The number of hydrogen-bond donors (Lipinski definition) is 0. The number of aryl methyl sites for hydroxylation is 1. The maximum atomic E-state index is 12.4. The highest BCUT2D eigenvalue weighted by molar-refractivity contribution is 5.76. The number of hydrogen-bond acceptors (Lipinski definition) is 3. The average Bonchev–Trinajstić information content (AvgIpc) is 2.64. The van der Waals surface area contributed by atoms with Crippen LogP contribution in [0.4, 0.5) is 0 Å². The fraction of sp³-hybridized carbons (Fsp3) is 0.650. The Balaban J connectivity index is 1.81. The number of rotatable bonds is 8. The molecule has 0 N–H and O–H groups in total. The summed E-state index contributed by atoms with van der Waals surface area (Å²) >= 11 is 0. The van der Waals surface area contributed by atoms with E-state index >= 15 is 0 Å². The van der Waals surface area contributed by atoms with Crippen LogP contribution in [0.25, 0.3) is 0 Å². The molecule has 0 spiro atoms. The van der Waals surface area contributed by atoms with Gasteiger partial charge in [0.15, 0.2) is 0 Å². The van der Waals surface area contributed by atoms with Gasteiger partial charge in [0, 0.05) is 20.0 Å². The van der Waals surface area contributed by atoms with Crippen molar-refractivity contribution in [2.75, 3.05) is 27.8 Å². The molecule has 0 heterocycles. The molecule has 1 aliphatic carbocycles. The third kappa shape index (κ3) is 5.43. The predicted octanol–water partition coefficient (Wildman–Crippen LogP) is 4.07. The number of carbonyl (C=O) groups excluding carboxylic acids is 1. The van der Waals surface area contributed by atoms with Crippen LogP contribution in [0, 0.1) is 5.92 Å². The zero-order valence-electron chi connectivity index (χ0n) is 15.3. The zero-order chi connectivity index (χ0) is 17.4. The molecule has 1 fully saturated rings. The van der Waals surface area contributed by atoms with Gasteiger partial charge in [0.05, 0.1) is 14.2 Å². The number of benzene rings is 1. The third-order valence-corrected chi connectivity index (χ3v) is 5.12. The summed E-state index contributed by atoms with van der Waals surface area (Å²) in [4.78, 5) is 14.3. The van der Waals surface area contributed by atoms with Gasteiger partial charge in [0.1, 0.15) is 11.5 Å². The van der Waals surface area contributed by atoms with Crippen LogP contribution < -0.4 is 9.47 Å². The van der Waals surface area contributed by atoms with E-state index in [2.05, 4.69) is 0 Å². The molecule has 1 aromatic carbocycles. The summed E-state index contributed by atoms with van der Waals surface area (Å²) in [5.41, 5.74) is 1.02. The first kappa shape index (κ1) is 18.6. The molecule has 24 heavy (non-hydrogen) atoms. The second-order valence-electron chi connectivity index (χ2n) is 6.79. The molecule has 1 saturated carbocycles. The quantitative estimate of drug-likeness (QED) is 0.720. The van der Waals surface area contributed by atoms with Gasteiger partial charge in [-0.05, 0) is 42.5 Å². The van der Waals surface area contributed by atoms with Crippen LogP contribution in [0.1, 0.15) is 50.5 Å². The highest BCUT2D eigenvalue weighted by Crippen LogP contribution is 2.27. The molecule has 4 nitrogen and oxygen atoms in total. The molecule has 134 valence electrons. The summed E-state index contributed by atoms with van der Waals surface area (Å²) in [5.74, 6) is 2.63. The second-order valence-corrected chi connectivity index (χ2v) is 6.79.